The fourth-order valence-electron chi connectivity index (χ4n) is 4.08. The molecule has 0 spiro atoms. The van der Waals surface area contributed by atoms with Gasteiger partial charge in [-0.1, -0.05) is 25.1 Å². The molecule has 2 aromatic carbocycles. The molecule has 3 aromatic rings. The highest BCUT2D eigenvalue weighted by Crippen LogP contribution is 2.34. The van der Waals surface area contributed by atoms with Gasteiger partial charge >= 0.3 is 0 Å². The zero-order valence-corrected chi connectivity index (χ0v) is 20.0. The van der Waals surface area contributed by atoms with E-state index in [9.17, 15) is 9.50 Å². The summed E-state index contributed by atoms with van der Waals surface area (Å²) >= 11 is 0. The minimum atomic E-state index is -0.561. The number of halogens is 1. The van der Waals surface area contributed by atoms with Crippen LogP contribution in [0.1, 0.15) is 37.9 Å². The third kappa shape index (κ3) is 6.44. The molecule has 0 unspecified atom stereocenters. The Morgan fingerprint density at radius 3 is 2.50 bits per heavy atom. The molecule has 1 atom stereocenters. The van der Waals surface area contributed by atoms with Crippen molar-refractivity contribution in [2.24, 2.45) is 5.92 Å². The minimum Gasteiger partial charge on any atom is -0.439 e. The van der Waals surface area contributed by atoms with Crippen LogP contribution in [0.2, 0.25) is 0 Å². The third-order valence-electron chi connectivity index (χ3n) is 5.96. The summed E-state index contributed by atoms with van der Waals surface area (Å²) in [4.78, 5) is 2.28. The molecule has 1 N–H and O–H groups in total. The van der Waals surface area contributed by atoms with Crippen LogP contribution in [0.5, 0.6) is 11.6 Å². The first-order chi connectivity index (χ1) is 16.6. The molecule has 4 rings (SSSR count). The van der Waals surface area contributed by atoms with Crippen LogP contribution in [0.15, 0.2) is 54.6 Å². The number of rotatable bonds is 13. The lowest BCUT2D eigenvalue weighted by atomic mass is 10.1. The second-order valence-corrected chi connectivity index (χ2v) is 8.84. The largest absolute Gasteiger partial charge is 0.439 e. The molecule has 1 aromatic heterocycles. The number of aliphatic hydroxyl groups excluding tert-OH is 1. The first-order valence-corrected chi connectivity index (χ1v) is 12.1. The molecule has 0 radical (unpaired) electrons. The monoisotopic (exact) mass is 467 g/mol. The van der Waals surface area contributed by atoms with Crippen molar-refractivity contribution in [2.75, 3.05) is 26.3 Å². The standard InChI is InChI=1S/C27H34FN3O3/c1-3-26-25(18-30(16-20-10-11-20)17-23(32)19-33-4-2)27(34-24-14-12-21(28)13-15-24)31(29-26)22-8-6-5-7-9-22/h5-9,12-15,20,23,32H,3-4,10-11,16-19H2,1-2H3/t23-/m0/s1. The Morgan fingerprint density at radius 2 is 1.85 bits per heavy atom. The molecule has 7 heteroatoms. The molecule has 1 fully saturated rings. The van der Waals surface area contributed by atoms with Crippen molar-refractivity contribution in [3.8, 4) is 17.3 Å². The molecule has 34 heavy (non-hydrogen) atoms. The van der Waals surface area contributed by atoms with E-state index in [0.29, 0.717) is 43.9 Å². The molecule has 0 bridgehead atoms. The Hall–Kier alpha value is -2.74. The maximum Gasteiger partial charge on any atom is 0.227 e. The van der Waals surface area contributed by atoms with Gasteiger partial charge in [0.2, 0.25) is 5.88 Å². The predicted molar refractivity (Wildman–Crippen MR) is 130 cm³/mol. The highest BCUT2D eigenvalue weighted by molar-refractivity contribution is 5.43. The number of aryl methyl sites for hydroxylation is 1. The summed E-state index contributed by atoms with van der Waals surface area (Å²) in [6.07, 6.45) is 2.63. The van der Waals surface area contributed by atoms with Gasteiger partial charge in [-0.15, -0.1) is 0 Å². The maximum absolute atomic E-state index is 13.5. The lowest BCUT2D eigenvalue weighted by Gasteiger charge is -2.25. The fourth-order valence-corrected chi connectivity index (χ4v) is 4.08. The molecule has 0 saturated heterocycles. The van der Waals surface area contributed by atoms with Crippen LogP contribution in [0.4, 0.5) is 4.39 Å². The predicted octanol–water partition coefficient (Wildman–Crippen LogP) is 4.98. The van der Waals surface area contributed by atoms with Crippen molar-refractivity contribution >= 4 is 0 Å². The van der Waals surface area contributed by atoms with Gasteiger partial charge in [0.1, 0.15) is 11.6 Å². The number of ether oxygens (including phenoxy) is 2. The molecule has 0 amide bonds. The van der Waals surface area contributed by atoms with Crippen LogP contribution in [0.25, 0.3) is 5.69 Å². The van der Waals surface area contributed by atoms with Crippen LogP contribution < -0.4 is 4.74 Å². The number of hydrogen-bond donors (Lipinski definition) is 1. The average Bonchev–Trinajstić information content (AvgIpc) is 3.60. The van der Waals surface area contributed by atoms with E-state index in [2.05, 4.69) is 11.8 Å². The van der Waals surface area contributed by atoms with Gasteiger partial charge in [0.05, 0.1) is 29.7 Å². The minimum absolute atomic E-state index is 0.308. The zero-order valence-electron chi connectivity index (χ0n) is 20.0. The van der Waals surface area contributed by atoms with Crippen LogP contribution in [-0.2, 0) is 17.7 Å². The summed E-state index contributed by atoms with van der Waals surface area (Å²) in [7, 11) is 0. The van der Waals surface area contributed by atoms with Crippen molar-refractivity contribution in [3.63, 3.8) is 0 Å². The van der Waals surface area contributed by atoms with Gasteiger partial charge in [-0.2, -0.15) is 5.10 Å². The van der Waals surface area contributed by atoms with Gasteiger partial charge in [0.15, 0.2) is 0 Å². The Morgan fingerprint density at radius 1 is 1.12 bits per heavy atom. The van der Waals surface area contributed by atoms with E-state index >= 15 is 0 Å². The normalized spacial score (nSPS) is 14.5. The topological polar surface area (TPSA) is 59.8 Å². The molecular formula is C27H34FN3O3. The molecule has 1 aliphatic rings. The number of nitrogens with zero attached hydrogens (tertiary/aromatic N) is 3. The van der Waals surface area contributed by atoms with Crippen molar-refractivity contribution in [2.45, 2.75) is 45.8 Å². The molecule has 1 saturated carbocycles. The van der Waals surface area contributed by atoms with E-state index < -0.39 is 6.10 Å². The highest BCUT2D eigenvalue weighted by atomic mass is 19.1. The first kappa shape index (κ1) is 24.4. The van der Waals surface area contributed by atoms with E-state index in [-0.39, 0.29) is 5.82 Å². The summed E-state index contributed by atoms with van der Waals surface area (Å²) in [5.41, 5.74) is 2.83. The van der Waals surface area contributed by atoms with E-state index in [1.807, 2.05) is 41.9 Å². The summed E-state index contributed by atoms with van der Waals surface area (Å²) in [6, 6.07) is 15.9. The number of para-hydroxylation sites is 1. The second-order valence-electron chi connectivity index (χ2n) is 8.84. The van der Waals surface area contributed by atoms with E-state index in [1.165, 1.54) is 25.0 Å². The SMILES string of the molecule is CCOC[C@@H](O)CN(Cc1c(CC)nn(-c2ccccc2)c1Oc1ccc(F)cc1)CC1CC1. The van der Waals surface area contributed by atoms with E-state index in [0.717, 1.165) is 29.9 Å². The summed E-state index contributed by atoms with van der Waals surface area (Å²) in [5, 5.41) is 15.4. The molecule has 1 heterocycles. The summed E-state index contributed by atoms with van der Waals surface area (Å²) in [6.45, 7) is 6.95. The van der Waals surface area contributed by atoms with Crippen LogP contribution in [0.3, 0.4) is 0 Å². The average molecular weight is 468 g/mol. The number of aliphatic hydroxyl groups is 1. The highest BCUT2D eigenvalue weighted by Gasteiger charge is 2.28. The van der Waals surface area contributed by atoms with Crippen LogP contribution >= 0.6 is 0 Å². The quantitative estimate of drug-likeness (QED) is 0.384. The Balaban J connectivity index is 1.68. The van der Waals surface area contributed by atoms with Crippen LogP contribution in [-0.4, -0.2) is 52.2 Å². The number of aromatic nitrogens is 2. The van der Waals surface area contributed by atoms with Gasteiger partial charge in [-0.25, -0.2) is 9.07 Å². The third-order valence-corrected chi connectivity index (χ3v) is 5.96. The smallest absolute Gasteiger partial charge is 0.227 e. The molecular weight excluding hydrogens is 433 g/mol. The molecule has 182 valence electrons. The van der Waals surface area contributed by atoms with E-state index in [1.54, 1.807) is 12.1 Å². The van der Waals surface area contributed by atoms with Crippen molar-refractivity contribution in [1.82, 2.24) is 14.7 Å². The summed E-state index contributed by atoms with van der Waals surface area (Å²) < 4.78 is 27.1. The molecule has 1 aliphatic carbocycles. The van der Waals surface area contributed by atoms with Gasteiger partial charge < -0.3 is 14.6 Å². The maximum atomic E-state index is 13.5. The zero-order chi connectivity index (χ0) is 23.9. The lowest BCUT2D eigenvalue weighted by Crippen LogP contribution is -2.36. The Bertz CT molecular complexity index is 1040. The Labute approximate surface area is 200 Å². The Kier molecular flexibility index (Phi) is 8.32. The second kappa shape index (κ2) is 11.6. The molecule has 6 nitrogen and oxygen atoms in total. The first-order valence-electron chi connectivity index (χ1n) is 12.1. The van der Waals surface area contributed by atoms with Gasteiger partial charge in [-0.05, 0) is 68.5 Å². The van der Waals surface area contributed by atoms with E-state index in [4.69, 9.17) is 14.6 Å². The lowest BCUT2D eigenvalue weighted by molar-refractivity contribution is 0.0186. The fraction of sp³-hybridized carbons (Fsp3) is 0.444. The van der Waals surface area contributed by atoms with Crippen molar-refractivity contribution in [3.05, 3.63) is 71.7 Å². The van der Waals surface area contributed by atoms with Gasteiger partial charge in [-0.3, -0.25) is 4.90 Å². The van der Waals surface area contributed by atoms with Crippen molar-refractivity contribution < 1.29 is 19.0 Å². The number of hydrogen-bond acceptors (Lipinski definition) is 5. The van der Waals surface area contributed by atoms with Gasteiger partial charge in [0.25, 0.3) is 0 Å². The summed E-state index contributed by atoms with van der Waals surface area (Å²) in [5.74, 6) is 1.52. The van der Waals surface area contributed by atoms with Crippen molar-refractivity contribution in [1.29, 1.82) is 0 Å². The van der Waals surface area contributed by atoms with Gasteiger partial charge in [0, 0.05) is 26.2 Å². The molecule has 0 aliphatic heterocycles. The van der Waals surface area contributed by atoms with Crippen LogP contribution in [0, 0.1) is 11.7 Å². The number of benzene rings is 2.